The first-order valence-electron chi connectivity index (χ1n) is 6.36. The third-order valence-corrected chi connectivity index (χ3v) is 3.62. The average molecular weight is 271 g/mol. The number of phenolic OH excluding ortho intramolecular Hbond substituents is 1. The summed E-state index contributed by atoms with van der Waals surface area (Å²) in [7, 11) is 0. The Morgan fingerprint density at radius 2 is 2.11 bits per heavy atom. The van der Waals surface area contributed by atoms with Gasteiger partial charge in [0.2, 0.25) is 0 Å². The number of unbranched alkanes of at least 4 members (excludes halogenated alkanes) is 2. The smallest absolute Gasteiger partial charge is 0.131 e. The summed E-state index contributed by atoms with van der Waals surface area (Å²) in [5.74, 6) is 0.834. The highest BCUT2D eigenvalue weighted by atomic mass is 32.2. The molecule has 18 heavy (non-hydrogen) atoms. The Morgan fingerprint density at radius 1 is 1.33 bits per heavy atom. The molecule has 0 aromatic heterocycles. The summed E-state index contributed by atoms with van der Waals surface area (Å²) >= 11 is 1.87. The van der Waals surface area contributed by atoms with E-state index in [-0.39, 0.29) is 17.6 Å². The zero-order valence-corrected chi connectivity index (χ0v) is 11.9. The van der Waals surface area contributed by atoms with E-state index in [4.69, 9.17) is 5.11 Å². The molecule has 2 nitrogen and oxygen atoms in total. The lowest BCUT2D eigenvalue weighted by Gasteiger charge is -2.15. The van der Waals surface area contributed by atoms with Gasteiger partial charge < -0.3 is 10.4 Å². The molecule has 0 aliphatic carbocycles. The molecular formula is C14H22FNOS. The van der Waals surface area contributed by atoms with E-state index in [2.05, 4.69) is 11.6 Å². The monoisotopic (exact) mass is 271 g/mol. The number of thioether (sulfide) groups is 1. The summed E-state index contributed by atoms with van der Waals surface area (Å²) in [6.07, 6.45) is 5.68. The van der Waals surface area contributed by atoms with Crippen LogP contribution in [0, 0.1) is 5.82 Å². The summed E-state index contributed by atoms with van der Waals surface area (Å²) in [6, 6.07) is 4.29. The zero-order chi connectivity index (χ0) is 13.4. The number of halogens is 1. The number of hydrogen-bond donors (Lipinski definition) is 2. The Balaban J connectivity index is 2.29. The number of rotatable bonds is 8. The van der Waals surface area contributed by atoms with Crippen molar-refractivity contribution in [2.75, 3.05) is 18.6 Å². The molecule has 0 radical (unpaired) electrons. The topological polar surface area (TPSA) is 32.3 Å². The molecule has 1 unspecified atom stereocenters. The van der Waals surface area contributed by atoms with E-state index in [1.165, 1.54) is 24.7 Å². The van der Waals surface area contributed by atoms with Crippen molar-refractivity contribution in [2.45, 2.75) is 32.2 Å². The van der Waals surface area contributed by atoms with Crippen molar-refractivity contribution in [1.82, 2.24) is 5.32 Å². The summed E-state index contributed by atoms with van der Waals surface area (Å²) in [4.78, 5) is 0. The van der Waals surface area contributed by atoms with Crippen molar-refractivity contribution in [3.8, 4) is 5.75 Å². The van der Waals surface area contributed by atoms with E-state index in [9.17, 15) is 4.39 Å². The Bertz CT molecular complexity index is 360. The van der Waals surface area contributed by atoms with Crippen LogP contribution >= 0.6 is 11.8 Å². The minimum absolute atomic E-state index is 0.0221. The Morgan fingerprint density at radius 3 is 2.78 bits per heavy atom. The molecular weight excluding hydrogens is 249 g/mol. The maximum atomic E-state index is 13.6. The maximum Gasteiger partial charge on any atom is 0.131 e. The SMILES string of the molecule is CSCCCCCNC(C)c1ccc(O)cc1F. The van der Waals surface area contributed by atoms with Crippen LogP contribution in [0.25, 0.3) is 0 Å². The molecule has 102 valence electrons. The second-order valence-corrected chi connectivity index (χ2v) is 5.42. The molecule has 0 aliphatic rings. The second-order valence-electron chi connectivity index (χ2n) is 4.44. The lowest BCUT2D eigenvalue weighted by atomic mass is 10.1. The first-order valence-corrected chi connectivity index (χ1v) is 7.75. The minimum atomic E-state index is -0.350. The van der Waals surface area contributed by atoms with E-state index >= 15 is 0 Å². The normalized spacial score (nSPS) is 12.6. The van der Waals surface area contributed by atoms with Crippen molar-refractivity contribution >= 4 is 11.8 Å². The van der Waals surface area contributed by atoms with Crippen molar-refractivity contribution < 1.29 is 9.50 Å². The lowest BCUT2D eigenvalue weighted by molar-refractivity contribution is 0.463. The highest BCUT2D eigenvalue weighted by Gasteiger charge is 2.10. The van der Waals surface area contributed by atoms with Gasteiger partial charge in [-0.15, -0.1) is 0 Å². The molecule has 1 rings (SSSR count). The van der Waals surface area contributed by atoms with E-state index in [1.807, 2.05) is 18.7 Å². The number of aromatic hydroxyl groups is 1. The van der Waals surface area contributed by atoms with Gasteiger partial charge in [-0.25, -0.2) is 4.39 Å². The molecule has 0 saturated heterocycles. The van der Waals surface area contributed by atoms with Crippen LogP contribution < -0.4 is 5.32 Å². The van der Waals surface area contributed by atoms with Crippen molar-refractivity contribution in [2.24, 2.45) is 0 Å². The molecule has 2 N–H and O–H groups in total. The quantitative estimate of drug-likeness (QED) is 0.707. The molecule has 1 atom stereocenters. The van der Waals surface area contributed by atoms with Crippen molar-refractivity contribution in [3.63, 3.8) is 0 Å². The van der Waals surface area contributed by atoms with Gasteiger partial charge in [0.25, 0.3) is 0 Å². The van der Waals surface area contributed by atoms with Gasteiger partial charge in [0.1, 0.15) is 11.6 Å². The fourth-order valence-electron chi connectivity index (χ4n) is 1.84. The first kappa shape index (κ1) is 15.3. The standard InChI is InChI=1S/C14H22FNOS/c1-11(16-8-4-3-5-9-18-2)13-7-6-12(17)10-14(13)15/h6-7,10-11,16-17H,3-5,8-9H2,1-2H3. The van der Waals surface area contributed by atoms with Crippen LogP contribution in [0.2, 0.25) is 0 Å². The van der Waals surface area contributed by atoms with E-state index in [0.29, 0.717) is 5.56 Å². The van der Waals surface area contributed by atoms with E-state index in [0.717, 1.165) is 19.0 Å². The highest BCUT2D eigenvalue weighted by Crippen LogP contribution is 2.20. The van der Waals surface area contributed by atoms with Gasteiger partial charge in [0, 0.05) is 17.7 Å². The van der Waals surface area contributed by atoms with Crippen LogP contribution in [0.5, 0.6) is 5.75 Å². The largest absolute Gasteiger partial charge is 0.508 e. The van der Waals surface area contributed by atoms with Gasteiger partial charge in [-0.3, -0.25) is 0 Å². The molecule has 1 aromatic rings. The fraction of sp³-hybridized carbons (Fsp3) is 0.571. The van der Waals surface area contributed by atoms with Crippen molar-refractivity contribution in [3.05, 3.63) is 29.6 Å². The summed E-state index contributed by atoms with van der Waals surface area (Å²) < 4.78 is 13.6. The van der Waals surface area contributed by atoms with E-state index in [1.54, 1.807) is 6.07 Å². The number of nitrogens with one attached hydrogen (secondary N) is 1. The molecule has 0 amide bonds. The van der Waals surface area contributed by atoms with E-state index < -0.39 is 0 Å². The van der Waals surface area contributed by atoms with Gasteiger partial charge in [0.05, 0.1) is 0 Å². The van der Waals surface area contributed by atoms with Gasteiger partial charge >= 0.3 is 0 Å². The highest BCUT2D eigenvalue weighted by molar-refractivity contribution is 7.98. The number of benzene rings is 1. The molecule has 1 aromatic carbocycles. The minimum Gasteiger partial charge on any atom is -0.508 e. The third kappa shape index (κ3) is 5.27. The maximum absolute atomic E-state index is 13.6. The fourth-order valence-corrected chi connectivity index (χ4v) is 2.34. The molecule has 0 saturated carbocycles. The molecule has 0 heterocycles. The molecule has 0 aliphatic heterocycles. The number of phenols is 1. The van der Waals surface area contributed by atoms with Crippen LogP contribution in [0.4, 0.5) is 4.39 Å². The van der Waals surface area contributed by atoms with Crippen LogP contribution in [0.3, 0.4) is 0 Å². The Kier molecular flexibility index (Phi) is 7.13. The van der Waals surface area contributed by atoms with Crippen molar-refractivity contribution in [1.29, 1.82) is 0 Å². The summed E-state index contributed by atoms with van der Waals surface area (Å²) in [5.41, 5.74) is 0.608. The van der Waals surface area contributed by atoms with Gasteiger partial charge in [-0.2, -0.15) is 11.8 Å². The average Bonchev–Trinajstić information content (AvgIpc) is 2.33. The third-order valence-electron chi connectivity index (χ3n) is 2.93. The van der Waals surface area contributed by atoms with Crippen LogP contribution in [-0.4, -0.2) is 23.7 Å². The Labute approximate surface area is 113 Å². The second kappa shape index (κ2) is 8.38. The molecule has 0 fully saturated rings. The van der Waals surface area contributed by atoms with Gasteiger partial charge in [0.15, 0.2) is 0 Å². The van der Waals surface area contributed by atoms with Gasteiger partial charge in [-0.1, -0.05) is 12.5 Å². The van der Waals surface area contributed by atoms with Gasteiger partial charge in [-0.05, 0) is 44.4 Å². The lowest BCUT2D eigenvalue weighted by Crippen LogP contribution is -2.20. The number of hydrogen-bond acceptors (Lipinski definition) is 3. The summed E-state index contributed by atoms with van der Waals surface area (Å²) in [5, 5.41) is 12.5. The first-order chi connectivity index (χ1) is 8.65. The Hall–Kier alpha value is -0.740. The molecule has 0 spiro atoms. The summed E-state index contributed by atoms with van der Waals surface area (Å²) in [6.45, 7) is 2.84. The van der Waals surface area contributed by atoms with Crippen LogP contribution in [0.1, 0.15) is 37.8 Å². The predicted octanol–water partition coefficient (Wildman–Crippen LogP) is 3.72. The molecule has 4 heteroatoms. The van der Waals surface area contributed by atoms with Crippen LogP contribution in [-0.2, 0) is 0 Å². The zero-order valence-electron chi connectivity index (χ0n) is 11.1. The van der Waals surface area contributed by atoms with Crippen LogP contribution in [0.15, 0.2) is 18.2 Å². The molecule has 0 bridgehead atoms. The predicted molar refractivity (Wildman–Crippen MR) is 76.7 cm³/mol.